The fraction of sp³-hybridized carbons (Fsp3) is 0.294. The molecule has 0 radical (unpaired) electrons. The summed E-state index contributed by atoms with van der Waals surface area (Å²) in [6.45, 7) is 2.94. The largest absolute Gasteiger partial charge is 0.386 e. The molecule has 9 heteroatoms. The number of aliphatic hydroxyl groups is 1. The number of aliphatic imine (C=N–C) groups is 1. The molecule has 6 nitrogen and oxygen atoms in total. The molecular formula is C17H21ClIN5OS. The summed E-state index contributed by atoms with van der Waals surface area (Å²) in [5, 5.41) is 16.5. The Morgan fingerprint density at radius 3 is 2.88 bits per heavy atom. The highest BCUT2D eigenvalue weighted by Crippen LogP contribution is 2.26. The molecule has 0 aliphatic rings. The monoisotopic (exact) mass is 505 g/mol. The number of halogens is 2. The topological polar surface area (TPSA) is 74.0 Å². The molecule has 3 rings (SSSR count). The maximum absolute atomic E-state index is 10.2. The van der Waals surface area contributed by atoms with E-state index in [-0.39, 0.29) is 24.0 Å². The van der Waals surface area contributed by atoms with Gasteiger partial charge in [0, 0.05) is 30.9 Å². The van der Waals surface area contributed by atoms with Gasteiger partial charge >= 0.3 is 0 Å². The Morgan fingerprint density at radius 1 is 1.38 bits per heavy atom. The van der Waals surface area contributed by atoms with Crippen molar-refractivity contribution in [3.8, 4) is 0 Å². The van der Waals surface area contributed by atoms with Crippen LogP contribution in [-0.4, -0.2) is 34.0 Å². The number of imidazole rings is 1. The molecule has 0 fully saturated rings. The summed E-state index contributed by atoms with van der Waals surface area (Å²) < 4.78 is 2.66. The van der Waals surface area contributed by atoms with E-state index < -0.39 is 6.10 Å². The number of thiophene rings is 1. The Morgan fingerprint density at radius 2 is 2.19 bits per heavy atom. The molecule has 0 bridgehead atoms. The lowest BCUT2D eigenvalue weighted by Crippen LogP contribution is -2.38. The molecule has 0 amide bonds. The summed E-state index contributed by atoms with van der Waals surface area (Å²) in [5.41, 5.74) is 3.02. The van der Waals surface area contributed by atoms with Crippen molar-refractivity contribution in [2.75, 3.05) is 13.6 Å². The third-order valence-corrected chi connectivity index (χ3v) is 5.04. The highest BCUT2D eigenvalue weighted by molar-refractivity contribution is 14.0. The molecule has 0 saturated carbocycles. The number of aryl methyl sites for hydroxylation is 1. The lowest BCUT2D eigenvalue weighted by Gasteiger charge is -2.14. The molecule has 1 atom stereocenters. The van der Waals surface area contributed by atoms with E-state index >= 15 is 0 Å². The minimum absolute atomic E-state index is 0. The minimum Gasteiger partial charge on any atom is -0.386 e. The number of aliphatic hydroxyl groups excluding tert-OH is 1. The van der Waals surface area contributed by atoms with Crippen molar-refractivity contribution in [2.24, 2.45) is 4.99 Å². The van der Waals surface area contributed by atoms with Gasteiger partial charge in [0.15, 0.2) is 5.96 Å². The van der Waals surface area contributed by atoms with Gasteiger partial charge in [-0.3, -0.25) is 4.99 Å². The molecule has 0 aliphatic heterocycles. The second-order valence-corrected chi connectivity index (χ2v) is 7.41. The first kappa shape index (κ1) is 20.9. The molecule has 3 aromatic rings. The van der Waals surface area contributed by atoms with Gasteiger partial charge in [-0.2, -0.15) is 0 Å². The van der Waals surface area contributed by atoms with Gasteiger partial charge in [-0.05, 0) is 36.8 Å². The zero-order valence-electron chi connectivity index (χ0n) is 14.4. The molecule has 0 aliphatic carbocycles. The van der Waals surface area contributed by atoms with E-state index in [1.54, 1.807) is 13.1 Å². The lowest BCUT2D eigenvalue weighted by molar-refractivity contribution is 0.184. The summed E-state index contributed by atoms with van der Waals surface area (Å²) >= 11 is 7.27. The average molecular weight is 506 g/mol. The summed E-state index contributed by atoms with van der Waals surface area (Å²) in [6.07, 6.45) is 3.35. The van der Waals surface area contributed by atoms with Crippen LogP contribution in [0.25, 0.3) is 5.65 Å². The van der Waals surface area contributed by atoms with Crippen molar-refractivity contribution in [3.63, 3.8) is 0 Å². The second kappa shape index (κ2) is 9.54. The van der Waals surface area contributed by atoms with Gasteiger partial charge in [-0.15, -0.1) is 35.3 Å². The van der Waals surface area contributed by atoms with Crippen molar-refractivity contribution in [1.29, 1.82) is 0 Å². The number of guanidine groups is 1. The van der Waals surface area contributed by atoms with Crippen LogP contribution >= 0.6 is 46.9 Å². The fourth-order valence-corrected chi connectivity index (χ4v) is 3.46. The third-order valence-electron chi connectivity index (χ3n) is 3.71. The highest BCUT2D eigenvalue weighted by atomic mass is 127. The van der Waals surface area contributed by atoms with Crippen LogP contribution < -0.4 is 10.6 Å². The zero-order valence-corrected chi connectivity index (χ0v) is 18.3. The molecular weight excluding hydrogens is 485 g/mol. The Hall–Kier alpha value is -1.36. The SMILES string of the molecule is CN=C(NCc1cn2ccc(C)cc2n1)NCC(O)c1ccc(Cl)s1.I. The van der Waals surface area contributed by atoms with Gasteiger partial charge in [0.25, 0.3) is 0 Å². The molecule has 0 aromatic carbocycles. The number of rotatable bonds is 5. The number of fused-ring (bicyclic) bond motifs is 1. The lowest BCUT2D eigenvalue weighted by atomic mass is 10.3. The van der Waals surface area contributed by atoms with Crippen molar-refractivity contribution >= 4 is 58.5 Å². The Bertz CT molecular complexity index is 894. The van der Waals surface area contributed by atoms with Gasteiger partial charge in [0.2, 0.25) is 0 Å². The Kier molecular flexibility index (Phi) is 7.69. The van der Waals surface area contributed by atoms with Crippen molar-refractivity contribution in [3.05, 3.63) is 57.1 Å². The standard InChI is InChI=1S/C17H20ClN5OS.HI/c1-11-5-6-23-10-12(22-16(23)7-11)8-20-17(19-2)21-9-13(24)14-3-4-15(18)25-14;/h3-7,10,13,24H,8-9H2,1-2H3,(H2,19,20,21);1H. The van der Waals surface area contributed by atoms with E-state index in [2.05, 4.69) is 20.6 Å². The van der Waals surface area contributed by atoms with Gasteiger partial charge in [-0.1, -0.05) is 11.6 Å². The van der Waals surface area contributed by atoms with Crippen LogP contribution in [0.1, 0.15) is 22.2 Å². The molecule has 3 aromatic heterocycles. The molecule has 3 N–H and O–H groups in total. The normalized spacial score (nSPS) is 12.7. The van der Waals surface area contributed by atoms with Gasteiger partial charge in [0.05, 0.1) is 16.6 Å². The third kappa shape index (κ3) is 5.32. The van der Waals surface area contributed by atoms with Crippen LogP contribution in [0, 0.1) is 6.92 Å². The molecule has 0 saturated heterocycles. The van der Waals surface area contributed by atoms with E-state index in [4.69, 9.17) is 11.6 Å². The number of pyridine rings is 1. The van der Waals surface area contributed by atoms with Crippen LogP contribution in [0.2, 0.25) is 4.34 Å². The summed E-state index contributed by atoms with van der Waals surface area (Å²) in [7, 11) is 1.69. The molecule has 1 unspecified atom stereocenters. The first-order valence-electron chi connectivity index (χ1n) is 7.87. The zero-order chi connectivity index (χ0) is 17.8. The van der Waals surface area contributed by atoms with E-state index in [1.165, 1.54) is 16.9 Å². The number of hydrogen-bond acceptors (Lipinski definition) is 4. The first-order valence-corrected chi connectivity index (χ1v) is 9.06. The quantitative estimate of drug-likeness (QED) is 0.282. The van der Waals surface area contributed by atoms with Crippen LogP contribution in [0.5, 0.6) is 0 Å². The number of aromatic nitrogens is 2. The average Bonchev–Trinajstić information content (AvgIpc) is 3.20. The second-order valence-electron chi connectivity index (χ2n) is 5.67. The van der Waals surface area contributed by atoms with Crippen LogP contribution in [-0.2, 0) is 6.54 Å². The smallest absolute Gasteiger partial charge is 0.191 e. The van der Waals surface area contributed by atoms with Crippen molar-refractivity contribution in [2.45, 2.75) is 19.6 Å². The van der Waals surface area contributed by atoms with Gasteiger partial charge in [0.1, 0.15) is 11.8 Å². The molecule has 26 heavy (non-hydrogen) atoms. The van der Waals surface area contributed by atoms with Crippen LogP contribution in [0.4, 0.5) is 0 Å². The van der Waals surface area contributed by atoms with Gasteiger partial charge in [-0.25, -0.2) is 4.98 Å². The van der Waals surface area contributed by atoms with E-state index in [0.717, 1.165) is 16.2 Å². The molecule has 3 heterocycles. The predicted molar refractivity (Wildman–Crippen MR) is 118 cm³/mol. The summed E-state index contributed by atoms with van der Waals surface area (Å²) in [6, 6.07) is 7.70. The highest BCUT2D eigenvalue weighted by Gasteiger charge is 2.11. The van der Waals surface area contributed by atoms with Crippen molar-refractivity contribution < 1.29 is 5.11 Å². The molecule has 0 spiro atoms. The summed E-state index contributed by atoms with van der Waals surface area (Å²) in [4.78, 5) is 9.57. The number of hydrogen-bond donors (Lipinski definition) is 3. The van der Waals surface area contributed by atoms with Crippen LogP contribution in [0.3, 0.4) is 0 Å². The number of nitrogens with zero attached hydrogens (tertiary/aromatic N) is 3. The number of nitrogens with one attached hydrogen (secondary N) is 2. The summed E-state index contributed by atoms with van der Waals surface area (Å²) in [5.74, 6) is 0.606. The minimum atomic E-state index is -0.630. The fourth-order valence-electron chi connectivity index (χ4n) is 2.42. The predicted octanol–water partition coefficient (Wildman–Crippen LogP) is 3.37. The maximum Gasteiger partial charge on any atom is 0.191 e. The van der Waals surface area contributed by atoms with Gasteiger partial charge < -0.3 is 20.1 Å². The van der Waals surface area contributed by atoms with E-state index in [1.807, 2.05) is 41.9 Å². The van der Waals surface area contributed by atoms with E-state index in [0.29, 0.717) is 23.4 Å². The Labute approximate surface area is 178 Å². The molecule has 140 valence electrons. The van der Waals surface area contributed by atoms with E-state index in [9.17, 15) is 5.11 Å². The first-order chi connectivity index (χ1) is 12.0. The van der Waals surface area contributed by atoms with Crippen molar-refractivity contribution in [1.82, 2.24) is 20.0 Å². The van der Waals surface area contributed by atoms with Crippen LogP contribution in [0.15, 0.2) is 41.7 Å². The maximum atomic E-state index is 10.2. The Balaban J connectivity index is 0.00000243.